The first-order valence-electron chi connectivity index (χ1n) is 7.67. The third-order valence-electron chi connectivity index (χ3n) is 4.45. The molecule has 1 aromatic rings. The Labute approximate surface area is 130 Å². The first kappa shape index (κ1) is 14.8. The van der Waals surface area contributed by atoms with Gasteiger partial charge in [0.05, 0.1) is 6.54 Å². The highest BCUT2D eigenvalue weighted by Gasteiger charge is 2.34. The van der Waals surface area contributed by atoms with Gasteiger partial charge in [0.1, 0.15) is 0 Å². The Morgan fingerprint density at radius 2 is 2.14 bits per heavy atom. The van der Waals surface area contributed by atoms with Crippen LogP contribution in [-0.4, -0.2) is 43.0 Å². The number of hydrogen-bond acceptors (Lipinski definition) is 3. The Hall–Kier alpha value is -1.10. The number of nitrogens with one attached hydrogen (secondary N) is 2. The molecule has 2 atom stereocenters. The zero-order valence-electron chi connectivity index (χ0n) is 12.1. The van der Waals surface area contributed by atoms with Gasteiger partial charge in [-0.25, -0.2) is 0 Å². The normalized spacial score (nSPS) is 25.6. The smallest absolute Gasteiger partial charge is 0.234 e. The van der Waals surface area contributed by atoms with Crippen molar-refractivity contribution in [2.75, 3.05) is 26.2 Å². The summed E-state index contributed by atoms with van der Waals surface area (Å²) in [6.45, 7) is 4.24. The molecule has 0 bridgehead atoms. The van der Waals surface area contributed by atoms with Crippen LogP contribution in [0.5, 0.6) is 0 Å². The Kier molecular flexibility index (Phi) is 4.78. The lowest BCUT2D eigenvalue weighted by Gasteiger charge is -2.24. The molecule has 2 aliphatic rings. The number of carbonyl (C=O) groups is 1. The summed E-state index contributed by atoms with van der Waals surface area (Å²) < 4.78 is 0. The number of piperidine rings is 1. The zero-order valence-corrected chi connectivity index (χ0v) is 12.9. The van der Waals surface area contributed by atoms with Crippen LogP contribution in [0.3, 0.4) is 0 Å². The molecule has 1 amide bonds. The van der Waals surface area contributed by atoms with Crippen molar-refractivity contribution in [3.8, 4) is 0 Å². The van der Waals surface area contributed by atoms with Crippen molar-refractivity contribution in [3.05, 3.63) is 34.9 Å². The van der Waals surface area contributed by atoms with Gasteiger partial charge in [-0.15, -0.1) is 0 Å². The average molecular weight is 308 g/mol. The van der Waals surface area contributed by atoms with E-state index < -0.39 is 0 Å². The second-order valence-corrected chi connectivity index (χ2v) is 6.50. The van der Waals surface area contributed by atoms with E-state index in [1.165, 1.54) is 12.8 Å². The maximum absolute atomic E-state index is 12.0. The summed E-state index contributed by atoms with van der Waals surface area (Å²) >= 11 is 5.85. The first-order valence-corrected chi connectivity index (χ1v) is 8.05. The Balaban J connectivity index is 1.43. The average Bonchev–Trinajstić information content (AvgIpc) is 2.88. The fraction of sp³-hybridized carbons (Fsp3) is 0.562. The van der Waals surface area contributed by atoms with Gasteiger partial charge in [-0.1, -0.05) is 23.7 Å². The molecule has 0 spiro atoms. The van der Waals surface area contributed by atoms with Gasteiger partial charge in [0.15, 0.2) is 0 Å². The molecule has 5 heteroatoms. The van der Waals surface area contributed by atoms with Crippen molar-refractivity contribution in [1.29, 1.82) is 0 Å². The number of carbonyl (C=O) groups excluding carboxylic acids is 1. The van der Waals surface area contributed by atoms with Gasteiger partial charge in [0.25, 0.3) is 0 Å². The minimum atomic E-state index is 0.101. The summed E-state index contributed by atoms with van der Waals surface area (Å²) in [5, 5.41) is 7.26. The number of hydrogen-bond donors (Lipinski definition) is 2. The minimum absolute atomic E-state index is 0.101. The lowest BCUT2D eigenvalue weighted by molar-refractivity contribution is -0.122. The number of nitrogens with zero attached hydrogens (tertiary/aromatic N) is 1. The fourth-order valence-electron chi connectivity index (χ4n) is 3.33. The summed E-state index contributed by atoms with van der Waals surface area (Å²) in [5.74, 6) is 0.825. The molecule has 2 heterocycles. The number of likely N-dealkylation sites (tertiary alicyclic amines) is 1. The third-order valence-corrected chi connectivity index (χ3v) is 4.70. The van der Waals surface area contributed by atoms with E-state index in [-0.39, 0.29) is 5.91 Å². The molecule has 2 fully saturated rings. The van der Waals surface area contributed by atoms with Crippen LogP contribution >= 0.6 is 11.6 Å². The largest absolute Gasteiger partial charge is 0.351 e. The maximum Gasteiger partial charge on any atom is 0.234 e. The summed E-state index contributed by atoms with van der Waals surface area (Å²) in [4.78, 5) is 14.3. The van der Waals surface area contributed by atoms with E-state index in [1.807, 2.05) is 24.3 Å². The van der Waals surface area contributed by atoms with E-state index in [4.69, 9.17) is 11.6 Å². The predicted octanol–water partition coefficient (Wildman–Crippen LogP) is 1.64. The molecule has 0 radical (unpaired) electrons. The second-order valence-electron chi connectivity index (χ2n) is 6.06. The number of benzene rings is 1. The molecule has 0 unspecified atom stereocenters. The molecule has 1 aromatic carbocycles. The van der Waals surface area contributed by atoms with Crippen LogP contribution in [0.1, 0.15) is 18.4 Å². The predicted molar refractivity (Wildman–Crippen MR) is 84.3 cm³/mol. The van der Waals surface area contributed by atoms with Crippen LogP contribution in [0.4, 0.5) is 0 Å². The fourth-order valence-corrected chi connectivity index (χ4v) is 3.45. The lowest BCUT2D eigenvalue weighted by Crippen LogP contribution is -2.41. The van der Waals surface area contributed by atoms with E-state index in [1.54, 1.807) is 0 Å². The third kappa shape index (κ3) is 3.96. The molecule has 2 saturated heterocycles. The van der Waals surface area contributed by atoms with Crippen LogP contribution in [-0.2, 0) is 11.3 Å². The van der Waals surface area contributed by atoms with E-state index in [0.717, 1.165) is 36.1 Å². The summed E-state index contributed by atoms with van der Waals surface area (Å²) in [6, 6.07) is 8.16. The highest BCUT2D eigenvalue weighted by Crippen LogP contribution is 2.24. The number of amides is 1. The molecule has 3 rings (SSSR count). The van der Waals surface area contributed by atoms with Crippen molar-refractivity contribution >= 4 is 17.5 Å². The van der Waals surface area contributed by atoms with Gasteiger partial charge in [0.2, 0.25) is 5.91 Å². The topological polar surface area (TPSA) is 44.4 Å². The molecule has 0 saturated carbocycles. The maximum atomic E-state index is 12.0. The molecule has 21 heavy (non-hydrogen) atoms. The molecule has 4 nitrogen and oxygen atoms in total. The molecular formula is C16H22ClN3O. The highest BCUT2D eigenvalue weighted by molar-refractivity contribution is 6.30. The molecule has 114 valence electrons. The van der Waals surface area contributed by atoms with Gasteiger partial charge >= 0.3 is 0 Å². The molecule has 2 aliphatic heterocycles. The van der Waals surface area contributed by atoms with E-state index >= 15 is 0 Å². The minimum Gasteiger partial charge on any atom is -0.351 e. The zero-order chi connectivity index (χ0) is 14.7. The summed E-state index contributed by atoms with van der Waals surface area (Å²) in [6.07, 6.45) is 2.55. The van der Waals surface area contributed by atoms with Gasteiger partial charge in [-0.2, -0.15) is 0 Å². The standard InChI is InChI=1S/C16H22ClN3O/c17-14-5-3-12(4-6-14)8-19-16(21)11-20-9-13-2-1-7-18-15(13)10-20/h3-6,13,15,18H,1-2,7-11H2,(H,19,21)/t13-,15+/m0/s1. The SMILES string of the molecule is O=C(CN1C[C@@H]2CCCN[C@@H]2C1)NCc1ccc(Cl)cc1. The summed E-state index contributed by atoms with van der Waals surface area (Å²) in [5.41, 5.74) is 1.07. The lowest BCUT2D eigenvalue weighted by atomic mass is 9.94. The number of halogens is 1. The van der Waals surface area contributed by atoms with E-state index in [2.05, 4.69) is 15.5 Å². The van der Waals surface area contributed by atoms with Gasteiger partial charge in [0, 0.05) is 30.7 Å². The number of rotatable bonds is 4. The monoisotopic (exact) mass is 307 g/mol. The molecule has 2 N–H and O–H groups in total. The molecule has 0 aliphatic carbocycles. The second kappa shape index (κ2) is 6.77. The van der Waals surface area contributed by atoms with Gasteiger partial charge < -0.3 is 10.6 Å². The van der Waals surface area contributed by atoms with Crippen molar-refractivity contribution in [2.24, 2.45) is 5.92 Å². The van der Waals surface area contributed by atoms with Crippen molar-refractivity contribution in [3.63, 3.8) is 0 Å². The Bertz CT molecular complexity index is 477. The van der Waals surface area contributed by atoms with Crippen LogP contribution in [0.25, 0.3) is 0 Å². The van der Waals surface area contributed by atoms with Gasteiger partial charge in [-0.3, -0.25) is 9.69 Å². The van der Waals surface area contributed by atoms with Crippen LogP contribution in [0.15, 0.2) is 24.3 Å². The van der Waals surface area contributed by atoms with Crippen molar-refractivity contribution in [2.45, 2.75) is 25.4 Å². The Morgan fingerprint density at radius 3 is 2.90 bits per heavy atom. The van der Waals surface area contributed by atoms with Crippen molar-refractivity contribution < 1.29 is 4.79 Å². The molecule has 0 aromatic heterocycles. The highest BCUT2D eigenvalue weighted by atomic mass is 35.5. The Morgan fingerprint density at radius 1 is 1.33 bits per heavy atom. The quantitative estimate of drug-likeness (QED) is 0.889. The van der Waals surface area contributed by atoms with Crippen LogP contribution in [0, 0.1) is 5.92 Å². The van der Waals surface area contributed by atoms with Gasteiger partial charge in [-0.05, 0) is 43.0 Å². The van der Waals surface area contributed by atoms with E-state index in [9.17, 15) is 4.79 Å². The number of fused-ring (bicyclic) bond motifs is 1. The summed E-state index contributed by atoms with van der Waals surface area (Å²) in [7, 11) is 0. The van der Waals surface area contributed by atoms with E-state index in [0.29, 0.717) is 19.1 Å². The molecular weight excluding hydrogens is 286 g/mol. The van der Waals surface area contributed by atoms with Crippen molar-refractivity contribution in [1.82, 2.24) is 15.5 Å². The van der Waals surface area contributed by atoms with Crippen LogP contribution in [0.2, 0.25) is 5.02 Å². The van der Waals surface area contributed by atoms with Crippen LogP contribution < -0.4 is 10.6 Å². The first-order chi connectivity index (χ1) is 10.2.